The van der Waals surface area contributed by atoms with Gasteiger partial charge < -0.3 is 15.0 Å². The predicted molar refractivity (Wildman–Crippen MR) is 176 cm³/mol. The van der Waals surface area contributed by atoms with Crippen LogP contribution in [0.1, 0.15) is 31.9 Å². The molecule has 0 aliphatic heterocycles. The van der Waals surface area contributed by atoms with Gasteiger partial charge in [0.25, 0.3) is 10.0 Å². The lowest BCUT2D eigenvalue weighted by atomic mass is 10.1. The van der Waals surface area contributed by atoms with E-state index in [2.05, 4.69) is 21.2 Å². The van der Waals surface area contributed by atoms with Crippen LogP contribution in [0.5, 0.6) is 11.5 Å². The quantitative estimate of drug-likeness (QED) is 0.180. The van der Waals surface area contributed by atoms with Crippen molar-refractivity contribution in [1.82, 2.24) is 10.2 Å². The Hall–Kier alpha value is -4.15. The number of para-hydroxylation sites is 1. The standard InChI is InChI=1S/C34H36BrN3O5S/c1-24(2)36-34(40)26(4)37(22-27-9-8-10-28(35)21-27)33(39)23-38(44(41,42)32-19-13-25(3)14-20-32)29-15-17-31(18-16-29)43-30-11-6-5-7-12-30/h5-21,24,26H,22-23H2,1-4H3,(H,36,40). The maximum Gasteiger partial charge on any atom is 0.264 e. The average Bonchev–Trinajstić information content (AvgIpc) is 2.99. The third kappa shape index (κ3) is 8.48. The van der Waals surface area contributed by atoms with Gasteiger partial charge in [-0.15, -0.1) is 0 Å². The smallest absolute Gasteiger partial charge is 0.264 e. The Morgan fingerprint density at radius 1 is 0.841 bits per heavy atom. The molecule has 0 aliphatic carbocycles. The molecule has 4 aromatic carbocycles. The van der Waals surface area contributed by atoms with E-state index in [0.29, 0.717) is 11.5 Å². The van der Waals surface area contributed by atoms with Crippen molar-refractivity contribution in [2.24, 2.45) is 0 Å². The Kier molecular flexibility index (Phi) is 10.8. The lowest BCUT2D eigenvalue weighted by Crippen LogP contribution is -2.52. The first-order valence-corrected chi connectivity index (χ1v) is 16.4. The van der Waals surface area contributed by atoms with Gasteiger partial charge in [-0.05, 0) is 93.9 Å². The highest BCUT2D eigenvalue weighted by atomic mass is 79.9. The van der Waals surface area contributed by atoms with Crippen LogP contribution >= 0.6 is 15.9 Å². The summed E-state index contributed by atoms with van der Waals surface area (Å²) in [5.41, 5.74) is 1.97. The molecule has 0 aliphatic rings. The van der Waals surface area contributed by atoms with Crippen molar-refractivity contribution in [3.63, 3.8) is 0 Å². The first-order valence-electron chi connectivity index (χ1n) is 14.2. The molecule has 0 saturated heterocycles. The van der Waals surface area contributed by atoms with E-state index in [1.165, 1.54) is 17.0 Å². The molecule has 8 nitrogen and oxygen atoms in total. The molecule has 44 heavy (non-hydrogen) atoms. The number of carbonyl (C=O) groups excluding carboxylic acids is 2. The fourth-order valence-corrected chi connectivity index (χ4v) is 6.35. The normalized spacial score (nSPS) is 12.0. The van der Waals surface area contributed by atoms with Crippen LogP contribution in [0.4, 0.5) is 5.69 Å². The topological polar surface area (TPSA) is 96.0 Å². The van der Waals surface area contributed by atoms with Gasteiger partial charge in [0.2, 0.25) is 11.8 Å². The van der Waals surface area contributed by atoms with E-state index < -0.39 is 28.5 Å². The van der Waals surface area contributed by atoms with E-state index in [9.17, 15) is 18.0 Å². The Bertz CT molecular complexity index is 1680. The molecule has 1 atom stereocenters. The molecular formula is C34H36BrN3O5S. The fraction of sp³-hybridized carbons (Fsp3) is 0.235. The summed E-state index contributed by atoms with van der Waals surface area (Å²) in [6.07, 6.45) is 0. The highest BCUT2D eigenvalue weighted by Gasteiger charge is 2.32. The highest BCUT2D eigenvalue weighted by Crippen LogP contribution is 2.29. The number of halogens is 1. The highest BCUT2D eigenvalue weighted by molar-refractivity contribution is 9.10. The molecule has 4 rings (SSSR count). The molecule has 0 radical (unpaired) electrons. The number of benzene rings is 4. The Labute approximate surface area is 267 Å². The molecule has 2 amide bonds. The second-order valence-corrected chi connectivity index (χ2v) is 13.5. The lowest BCUT2D eigenvalue weighted by molar-refractivity contribution is -0.139. The third-order valence-corrected chi connectivity index (χ3v) is 9.11. The number of carbonyl (C=O) groups is 2. The zero-order chi connectivity index (χ0) is 31.9. The van der Waals surface area contributed by atoms with Gasteiger partial charge >= 0.3 is 0 Å². The first-order chi connectivity index (χ1) is 20.9. The maximum atomic E-state index is 14.1. The Morgan fingerprint density at radius 2 is 1.48 bits per heavy atom. The summed E-state index contributed by atoms with van der Waals surface area (Å²) >= 11 is 3.46. The Balaban J connectivity index is 1.71. The second-order valence-electron chi connectivity index (χ2n) is 10.7. The van der Waals surface area contributed by atoms with Crippen molar-refractivity contribution < 1.29 is 22.7 Å². The average molecular weight is 679 g/mol. The van der Waals surface area contributed by atoms with E-state index in [1.807, 2.05) is 75.4 Å². The summed E-state index contributed by atoms with van der Waals surface area (Å²) in [5, 5.41) is 2.86. The lowest BCUT2D eigenvalue weighted by Gasteiger charge is -2.32. The van der Waals surface area contributed by atoms with Gasteiger partial charge in [-0.2, -0.15) is 0 Å². The summed E-state index contributed by atoms with van der Waals surface area (Å²) in [6, 6.07) is 28.6. The molecule has 0 fully saturated rings. The number of aryl methyl sites for hydroxylation is 1. The molecule has 0 aromatic heterocycles. The van der Waals surface area contributed by atoms with E-state index in [1.54, 1.807) is 43.3 Å². The van der Waals surface area contributed by atoms with Gasteiger partial charge in [0.05, 0.1) is 10.6 Å². The zero-order valence-corrected chi connectivity index (χ0v) is 27.5. The molecule has 1 unspecified atom stereocenters. The minimum atomic E-state index is -4.18. The van der Waals surface area contributed by atoms with E-state index in [0.717, 1.165) is 19.9 Å². The van der Waals surface area contributed by atoms with Gasteiger partial charge in [-0.25, -0.2) is 8.42 Å². The van der Waals surface area contributed by atoms with E-state index in [-0.39, 0.29) is 29.1 Å². The van der Waals surface area contributed by atoms with Crippen molar-refractivity contribution >= 4 is 43.5 Å². The minimum Gasteiger partial charge on any atom is -0.457 e. The first kappa shape index (κ1) is 32.8. The summed E-state index contributed by atoms with van der Waals surface area (Å²) in [5.74, 6) is 0.279. The molecule has 0 saturated carbocycles. The van der Waals surface area contributed by atoms with Crippen LogP contribution in [0.15, 0.2) is 112 Å². The zero-order valence-electron chi connectivity index (χ0n) is 25.1. The number of ether oxygens (including phenoxy) is 1. The van der Waals surface area contributed by atoms with Crippen molar-refractivity contribution in [2.45, 2.75) is 51.2 Å². The van der Waals surface area contributed by atoms with Crippen molar-refractivity contribution in [2.75, 3.05) is 10.8 Å². The van der Waals surface area contributed by atoms with Crippen LogP contribution in [0.25, 0.3) is 0 Å². The van der Waals surface area contributed by atoms with Crippen molar-refractivity contribution in [3.8, 4) is 11.5 Å². The molecule has 1 N–H and O–H groups in total. The summed E-state index contributed by atoms with van der Waals surface area (Å²) < 4.78 is 35.9. The predicted octanol–water partition coefficient (Wildman–Crippen LogP) is 6.69. The molecule has 10 heteroatoms. The van der Waals surface area contributed by atoms with E-state index >= 15 is 0 Å². The largest absolute Gasteiger partial charge is 0.457 e. The van der Waals surface area contributed by atoms with Crippen molar-refractivity contribution in [3.05, 3.63) is 119 Å². The SMILES string of the molecule is Cc1ccc(S(=O)(=O)N(CC(=O)N(Cc2cccc(Br)c2)C(C)C(=O)NC(C)C)c2ccc(Oc3ccccc3)cc2)cc1. The fourth-order valence-electron chi connectivity index (χ4n) is 4.49. The van der Waals surface area contributed by atoms with Gasteiger partial charge in [-0.1, -0.05) is 64.0 Å². The van der Waals surface area contributed by atoms with Crippen LogP contribution < -0.4 is 14.4 Å². The van der Waals surface area contributed by atoms with E-state index in [4.69, 9.17) is 4.74 Å². The summed E-state index contributed by atoms with van der Waals surface area (Å²) in [4.78, 5) is 28.6. The van der Waals surface area contributed by atoms with Crippen molar-refractivity contribution in [1.29, 1.82) is 0 Å². The third-order valence-electron chi connectivity index (χ3n) is 6.83. The maximum absolute atomic E-state index is 14.1. The van der Waals surface area contributed by atoms with Crippen LogP contribution in [0.3, 0.4) is 0 Å². The molecule has 0 bridgehead atoms. The number of nitrogens with one attached hydrogen (secondary N) is 1. The van der Waals surface area contributed by atoms with Crippen LogP contribution in [-0.2, 0) is 26.2 Å². The van der Waals surface area contributed by atoms with Gasteiger partial charge in [0.1, 0.15) is 24.1 Å². The van der Waals surface area contributed by atoms with Gasteiger partial charge in [0.15, 0.2) is 0 Å². The van der Waals surface area contributed by atoms with Gasteiger partial charge in [0, 0.05) is 17.1 Å². The number of nitrogens with zero attached hydrogens (tertiary/aromatic N) is 2. The minimum absolute atomic E-state index is 0.0460. The van der Waals surface area contributed by atoms with Crippen LogP contribution in [-0.4, -0.2) is 43.8 Å². The number of sulfonamides is 1. The molecular weight excluding hydrogens is 642 g/mol. The molecule has 4 aromatic rings. The number of hydrogen-bond donors (Lipinski definition) is 1. The van der Waals surface area contributed by atoms with Crippen LogP contribution in [0, 0.1) is 6.92 Å². The Morgan fingerprint density at radius 3 is 2.09 bits per heavy atom. The number of amides is 2. The molecule has 0 spiro atoms. The summed E-state index contributed by atoms with van der Waals surface area (Å²) in [6.45, 7) is 6.77. The molecule has 230 valence electrons. The van der Waals surface area contributed by atoms with Crippen LogP contribution in [0.2, 0.25) is 0 Å². The molecule has 0 heterocycles. The monoisotopic (exact) mass is 677 g/mol. The number of rotatable bonds is 12. The second kappa shape index (κ2) is 14.5. The number of anilines is 1. The summed E-state index contributed by atoms with van der Waals surface area (Å²) in [7, 11) is -4.18. The van der Waals surface area contributed by atoms with Gasteiger partial charge in [-0.3, -0.25) is 13.9 Å². The number of hydrogen-bond acceptors (Lipinski definition) is 5.